The Morgan fingerprint density at radius 3 is 2.50 bits per heavy atom. The Bertz CT molecular complexity index is 1400. The number of aryl methyl sites for hydroxylation is 1. The van der Waals surface area contributed by atoms with E-state index in [9.17, 15) is 9.59 Å². The zero-order valence-electron chi connectivity index (χ0n) is 23.0. The summed E-state index contributed by atoms with van der Waals surface area (Å²) in [5.41, 5.74) is 3.46. The lowest BCUT2D eigenvalue weighted by molar-refractivity contribution is -0.133. The molecule has 1 saturated heterocycles. The number of benzene rings is 2. The third-order valence-corrected chi connectivity index (χ3v) is 8.20. The number of amides is 2. The molecule has 1 unspecified atom stereocenters. The van der Waals surface area contributed by atoms with E-state index >= 15 is 0 Å². The van der Waals surface area contributed by atoms with Crippen molar-refractivity contribution in [2.75, 3.05) is 25.4 Å². The van der Waals surface area contributed by atoms with Crippen LogP contribution in [0.4, 0.5) is 0 Å². The van der Waals surface area contributed by atoms with Gasteiger partial charge in [0.2, 0.25) is 5.91 Å². The number of nitrogens with zero attached hydrogens (tertiary/aromatic N) is 5. The van der Waals surface area contributed by atoms with Crippen molar-refractivity contribution in [3.05, 3.63) is 95.7 Å². The first-order chi connectivity index (χ1) is 19.5. The fourth-order valence-corrected chi connectivity index (χ4v) is 5.94. The van der Waals surface area contributed by atoms with Gasteiger partial charge in [0.1, 0.15) is 5.82 Å². The number of unbranched alkanes of at least 4 members (excludes halogenated alkanes) is 1. The summed E-state index contributed by atoms with van der Waals surface area (Å²) < 4.78 is 7.41. The van der Waals surface area contributed by atoms with Crippen molar-refractivity contribution in [1.29, 1.82) is 0 Å². The second-order valence-electron chi connectivity index (χ2n) is 10.2. The summed E-state index contributed by atoms with van der Waals surface area (Å²) in [7, 11) is 0. The van der Waals surface area contributed by atoms with Crippen molar-refractivity contribution in [1.82, 2.24) is 24.6 Å². The van der Waals surface area contributed by atoms with Crippen molar-refractivity contribution >= 4 is 23.6 Å². The first-order valence-electron chi connectivity index (χ1n) is 13.8. The maximum atomic E-state index is 12.9. The van der Waals surface area contributed by atoms with Crippen LogP contribution in [0.2, 0.25) is 0 Å². The van der Waals surface area contributed by atoms with Gasteiger partial charge in [-0.15, -0.1) is 10.2 Å². The molecule has 9 heteroatoms. The van der Waals surface area contributed by atoms with Crippen LogP contribution in [0, 0.1) is 6.92 Å². The van der Waals surface area contributed by atoms with E-state index in [2.05, 4.69) is 58.1 Å². The molecular weight excluding hydrogens is 522 g/mol. The Kier molecular flexibility index (Phi) is 9.01. The summed E-state index contributed by atoms with van der Waals surface area (Å²) >= 11 is 1.68. The summed E-state index contributed by atoms with van der Waals surface area (Å²) in [4.78, 5) is 29.2. The van der Waals surface area contributed by atoms with Gasteiger partial charge in [0.05, 0.1) is 6.26 Å². The van der Waals surface area contributed by atoms with Crippen LogP contribution in [0.3, 0.4) is 0 Å². The molecule has 0 radical (unpaired) electrons. The predicted molar refractivity (Wildman–Crippen MR) is 156 cm³/mol. The van der Waals surface area contributed by atoms with E-state index in [-0.39, 0.29) is 17.9 Å². The standard InChI is InChI=1S/C31H35N5O3S/c1-23-13-15-26(16-14-23)36-28(21-25-9-4-3-5-10-25)32-33-31(36)40-20-7-6-12-29(37)34-17-18-35(24(2)22-34)30(38)27-11-8-19-39-27/h3-5,8-11,13-16,19,24H,6-7,12,17-18,20-22H2,1-2H3. The smallest absolute Gasteiger partial charge is 0.289 e. The maximum absolute atomic E-state index is 12.9. The topological polar surface area (TPSA) is 84.5 Å². The molecule has 8 nitrogen and oxygen atoms in total. The summed E-state index contributed by atoms with van der Waals surface area (Å²) in [6, 6.07) is 22.1. The zero-order valence-corrected chi connectivity index (χ0v) is 23.8. The number of thioether (sulfide) groups is 1. The Balaban J connectivity index is 1.12. The van der Waals surface area contributed by atoms with Crippen LogP contribution in [0.1, 0.15) is 53.7 Å². The van der Waals surface area contributed by atoms with Crippen molar-refractivity contribution < 1.29 is 14.0 Å². The Morgan fingerprint density at radius 1 is 0.975 bits per heavy atom. The van der Waals surface area contributed by atoms with Crippen LogP contribution in [0.15, 0.2) is 82.6 Å². The van der Waals surface area contributed by atoms with E-state index in [1.54, 1.807) is 28.8 Å². The maximum Gasteiger partial charge on any atom is 0.289 e. The molecule has 0 spiro atoms. The highest BCUT2D eigenvalue weighted by molar-refractivity contribution is 7.99. The molecule has 0 bridgehead atoms. The second-order valence-corrected chi connectivity index (χ2v) is 11.3. The summed E-state index contributed by atoms with van der Waals surface area (Å²) in [5, 5.41) is 9.93. The Hall–Kier alpha value is -3.85. The number of hydrogen-bond donors (Lipinski definition) is 0. The molecule has 1 aliphatic heterocycles. The molecular formula is C31H35N5O3S. The third-order valence-electron chi connectivity index (χ3n) is 7.19. The number of carbonyl (C=O) groups is 2. The highest BCUT2D eigenvalue weighted by Gasteiger charge is 2.31. The van der Waals surface area contributed by atoms with Crippen LogP contribution in [0.25, 0.3) is 5.69 Å². The second kappa shape index (κ2) is 13.0. The lowest BCUT2D eigenvalue weighted by Gasteiger charge is -2.39. The fraction of sp³-hybridized carbons (Fsp3) is 0.355. The van der Waals surface area contributed by atoms with Gasteiger partial charge in [0, 0.05) is 50.0 Å². The SMILES string of the molecule is Cc1ccc(-n2c(Cc3ccccc3)nnc2SCCCCC(=O)N2CCN(C(=O)c3ccco3)C(C)C2)cc1. The van der Waals surface area contributed by atoms with Gasteiger partial charge in [0.25, 0.3) is 5.91 Å². The Labute approximate surface area is 239 Å². The normalized spacial score (nSPS) is 15.4. The molecule has 0 N–H and O–H groups in total. The number of rotatable bonds is 10. The van der Waals surface area contributed by atoms with Crippen LogP contribution in [0.5, 0.6) is 0 Å². The Morgan fingerprint density at radius 2 is 1.77 bits per heavy atom. The zero-order chi connectivity index (χ0) is 27.9. The third kappa shape index (κ3) is 6.65. The van der Waals surface area contributed by atoms with Gasteiger partial charge in [-0.3, -0.25) is 14.2 Å². The molecule has 3 heterocycles. The number of carbonyl (C=O) groups excluding carboxylic acids is 2. The van der Waals surface area contributed by atoms with Gasteiger partial charge in [-0.05, 0) is 56.5 Å². The summed E-state index contributed by atoms with van der Waals surface area (Å²) in [5.74, 6) is 2.13. The van der Waals surface area contributed by atoms with Crippen molar-refractivity contribution in [2.45, 2.75) is 50.7 Å². The minimum Gasteiger partial charge on any atom is -0.459 e. The van der Waals surface area contributed by atoms with Gasteiger partial charge in [0.15, 0.2) is 10.9 Å². The largest absolute Gasteiger partial charge is 0.459 e. The molecule has 2 aromatic heterocycles. The molecule has 40 heavy (non-hydrogen) atoms. The van der Waals surface area contributed by atoms with E-state index in [1.165, 1.54) is 17.4 Å². The number of piperazine rings is 1. The van der Waals surface area contributed by atoms with Crippen LogP contribution in [-0.2, 0) is 11.2 Å². The number of furan rings is 1. The minimum absolute atomic E-state index is 0.0518. The van der Waals surface area contributed by atoms with E-state index in [0.717, 1.165) is 35.3 Å². The summed E-state index contributed by atoms with van der Waals surface area (Å²) in [6.07, 6.45) is 4.42. The van der Waals surface area contributed by atoms with E-state index in [0.29, 0.717) is 38.2 Å². The lowest BCUT2D eigenvalue weighted by Crippen LogP contribution is -2.55. The van der Waals surface area contributed by atoms with E-state index in [4.69, 9.17) is 4.42 Å². The highest BCUT2D eigenvalue weighted by atomic mass is 32.2. The number of aromatic nitrogens is 3. The molecule has 0 saturated carbocycles. The van der Waals surface area contributed by atoms with Crippen LogP contribution >= 0.6 is 11.8 Å². The van der Waals surface area contributed by atoms with E-state index in [1.807, 2.05) is 30.0 Å². The average molecular weight is 558 g/mol. The lowest BCUT2D eigenvalue weighted by atomic mass is 10.1. The molecule has 0 aliphatic carbocycles. The number of hydrogen-bond acceptors (Lipinski definition) is 6. The van der Waals surface area contributed by atoms with Gasteiger partial charge in [-0.25, -0.2) is 0 Å². The molecule has 2 aromatic carbocycles. The molecule has 2 amide bonds. The average Bonchev–Trinajstić information content (AvgIpc) is 3.64. The van der Waals surface area contributed by atoms with Gasteiger partial charge in [-0.1, -0.05) is 59.8 Å². The quantitative estimate of drug-likeness (QED) is 0.192. The monoisotopic (exact) mass is 557 g/mol. The molecule has 1 atom stereocenters. The predicted octanol–water partition coefficient (Wildman–Crippen LogP) is 5.40. The molecule has 208 valence electrons. The molecule has 5 rings (SSSR count). The van der Waals surface area contributed by atoms with Gasteiger partial charge < -0.3 is 14.2 Å². The first-order valence-corrected chi connectivity index (χ1v) is 14.8. The van der Waals surface area contributed by atoms with Crippen LogP contribution in [-0.4, -0.2) is 67.8 Å². The summed E-state index contributed by atoms with van der Waals surface area (Å²) in [6.45, 7) is 5.67. The van der Waals surface area contributed by atoms with Gasteiger partial charge in [-0.2, -0.15) is 0 Å². The van der Waals surface area contributed by atoms with Gasteiger partial charge >= 0.3 is 0 Å². The minimum atomic E-state index is -0.118. The fourth-order valence-electron chi connectivity index (χ4n) is 4.97. The van der Waals surface area contributed by atoms with Crippen molar-refractivity contribution in [3.8, 4) is 5.69 Å². The molecule has 1 fully saturated rings. The van der Waals surface area contributed by atoms with E-state index < -0.39 is 0 Å². The van der Waals surface area contributed by atoms with Crippen molar-refractivity contribution in [2.24, 2.45) is 0 Å². The molecule has 1 aliphatic rings. The first kappa shape index (κ1) is 27.7. The highest BCUT2D eigenvalue weighted by Crippen LogP contribution is 2.25. The van der Waals surface area contributed by atoms with Crippen molar-refractivity contribution in [3.63, 3.8) is 0 Å². The van der Waals surface area contributed by atoms with Crippen LogP contribution < -0.4 is 0 Å². The molecule has 4 aromatic rings.